The van der Waals surface area contributed by atoms with Gasteiger partial charge in [0, 0.05) is 24.7 Å². The molecule has 0 spiro atoms. The second-order valence-corrected chi connectivity index (χ2v) is 7.62. The normalized spacial score (nSPS) is 26.0. The monoisotopic (exact) mass is 358 g/mol. The van der Waals surface area contributed by atoms with Crippen LogP contribution in [0.1, 0.15) is 44.6 Å². The van der Waals surface area contributed by atoms with Crippen molar-refractivity contribution >= 4 is 23.5 Å². The summed E-state index contributed by atoms with van der Waals surface area (Å²) >= 11 is 0. The maximum absolute atomic E-state index is 12.6. The van der Waals surface area contributed by atoms with Crippen molar-refractivity contribution in [2.24, 2.45) is 11.8 Å². The lowest BCUT2D eigenvalue weighted by Gasteiger charge is -2.33. The number of hydrogen-bond donors (Lipinski definition) is 2. The molecule has 0 bridgehead atoms. The second-order valence-electron chi connectivity index (χ2n) is 7.62. The Labute approximate surface area is 153 Å². The first-order valence-electron chi connectivity index (χ1n) is 9.33. The van der Waals surface area contributed by atoms with E-state index in [1.165, 1.54) is 0 Å². The second kappa shape index (κ2) is 7.89. The van der Waals surface area contributed by atoms with Gasteiger partial charge in [0.2, 0.25) is 11.8 Å². The molecule has 2 fully saturated rings. The van der Waals surface area contributed by atoms with Gasteiger partial charge in [0.05, 0.1) is 12.3 Å². The lowest BCUT2D eigenvalue weighted by molar-refractivity contribution is -0.136. The number of carboxylic acid groups (broad SMARTS) is 1. The first-order chi connectivity index (χ1) is 12.4. The number of nitrogens with one attached hydrogen (secondary N) is 1. The topological polar surface area (TPSA) is 86.7 Å². The Morgan fingerprint density at radius 2 is 1.96 bits per heavy atom. The molecule has 0 radical (unpaired) electrons. The number of anilines is 1. The Hall–Kier alpha value is -2.37. The van der Waals surface area contributed by atoms with Crippen LogP contribution in [0, 0.1) is 11.8 Å². The highest BCUT2D eigenvalue weighted by molar-refractivity contribution is 5.97. The predicted molar refractivity (Wildman–Crippen MR) is 97.7 cm³/mol. The molecule has 0 aromatic heterocycles. The van der Waals surface area contributed by atoms with Crippen molar-refractivity contribution in [3.8, 4) is 0 Å². The summed E-state index contributed by atoms with van der Waals surface area (Å²) in [6.07, 6.45) is 4.51. The van der Waals surface area contributed by atoms with Crippen LogP contribution in [-0.2, 0) is 20.8 Å². The molecule has 140 valence electrons. The van der Waals surface area contributed by atoms with E-state index in [1.807, 2.05) is 4.90 Å². The van der Waals surface area contributed by atoms with E-state index < -0.39 is 5.97 Å². The molecule has 6 heteroatoms. The van der Waals surface area contributed by atoms with E-state index in [-0.39, 0.29) is 36.6 Å². The van der Waals surface area contributed by atoms with Crippen LogP contribution in [-0.4, -0.2) is 40.4 Å². The summed E-state index contributed by atoms with van der Waals surface area (Å²) in [4.78, 5) is 37.7. The largest absolute Gasteiger partial charge is 0.481 e. The number of carboxylic acids is 1. The van der Waals surface area contributed by atoms with Crippen LogP contribution < -0.4 is 5.32 Å². The SMILES string of the molecule is CC1CCC(N2CC(C(=O)Nc3cccc(CC(=O)O)c3)CC2=O)CC1. The van der Waals surface area contributed by atoms with Gasteiger partial charge in [-0.2, -0.15) is 0 Å². The van der Waals surface area contributed by atoms with Gasteiger partial charge in [-0.1, -0.05) is 19.1 Å². The fourth-order valence-electron chi connectivity index (χ4n) is 3.99. The van der Waals surface area contributed by atoms with Crippen molar-refractivity contribution in [3.63, 3.8) is 0 Å². The van der Waals surface area contributed by atoms with Crippen molar-refractivity contribution in [1.29, 1.82) is 0 Å². The van der Waals surface area contributed by atoms with E-state index in [1.54, 1.807) is 24.3 Å². The van der Waals surface area contributed by atoms with Crippen molar-refractivity contribution in [2.45, 2.75) is 51.5 Å². The zero-order chi connectivity index (χ0) is 18.7. The van der Waals surface area contributed by atoms with Crippen LogP contribution in [0.3, 0.4) is 0 Å². The third-order valence-corrected chi connectivity index (χ3v) is 5.51. The number of aliphatic carboxylic acids is 1. The van der Waals surface area contributed by atoms with Gasteiger partial charge in [-0.25, -0.2) is 0 Å². The summed E-state index contributed by atoms with van der Waals surface area (Å²) in [7, 11) is 0. The molecule has 3 rings (SSSR count). The van der Waals surface area contributed by atoms with Crippen molar-refractivity contribution < 1.29 is 19.5 Å². The molecule has 1 aromatic rings. The summed E-state index contributed by atoms with van der Waals surface area (Å²) in [5.41, 5.74) is 1.21. The van der Waals surface area contributed by atoms with E-state index in [9.17, 15) is 14.4 Å². The third kappa shape index (κ3) is 4.42. The molecule has 1 saturated heterocycles. The van der Waals surface area contributed by atoms with Crippen LogP contribution in [0.15, 0.2) is 24.3 Å². The molecule has 2 N–H and O–H groups in total. The maximum Gasteiger partial charge on any atom is 0.307 e. The molecular weight excluding hydrogens is 332 g/mol. The van der Waals surface area contributed by atoms with Gasteiger partial charge in [0.15, 0.2) is 0 Å². The van der Waals surface area contributed by atoms with Crippen molar-refractivity contribution in [3.05, 3.63) is 29.8 Å². The van der Waals surface area contributed by atoms with Gasteiger partial charge in [0.25, 0.3) is 0 Å². The van der Waals surface area contributed by atoms with E-state index in [4.69, 9.17) is 5.11 Å². The number of benzene rings is 1. The minimum atomic E-state index is -0.910. The van der Waals surface area contributed by atoms with Crippen LogP contribution in [0.5, 0.6) is 0 Å². The minimum absolute atomic E-state index is 0.0735. The standard InChI is InChI=1S/C20H26N2O4/c1-13-5-7-17(8-6-13)22-12-15(11-18(22)23)20(26)21-16-4-2-3-14(9-16)10-19(24)25/h2-4,9,13,15,17H,5-8,10-12H2,1H3,(H,21,26)(H,24,25). The van der Waals surface area contributed by atoms with Crippen molar-refractivity contribution in [2.75, 3.05) is 11.9 Å². The van der Waals surface area contributed by atoms with Gasteiger partial charge >= 0.3 is 5.97 Å². The smallest absolute Gasteiger partial charge is 0.307 e. The average Bonchev–Trinajstić information content (AvgIpc) is 2.97. The number of nitrogens with zero attached hydrogens (tertiary/aromatic N) is 1. The van der Waals surface area contributed by atoms with E-state index in [0.29, 0.717) is 17.8 Å². The number of likely N-dealkylation sites (tertiary alicyclic amines) is 1. The lowest BCUT2D eigenvalue weighted by Crippen LogP contribution is -2.39. The summed E-state index contributed by atoms with van der Waals surface area (Å²) in [6.45, 7) is 2.73. The number of hydrogen-bond acceptors (Lipinski definition) is 3. The highest BCUT2D eigenvalue weighted by atomic mass is 16.4. The molecule has 1 unspecified atom stereocenters. The first-order valence-corrected chi connectivity index (χ1v) is 9.33. The van der Waals surface area contributed by atoms with E-state index >= 15 is 0 Å². The average molecular weight is 358 g/mol. The Morgan fingerprint density at radius 3 is 2.65 bits per heavy atom. The van der Waals surface area contributed by atoms with Gasteiger partial charge in [0.1, 0.15) is 0 Å². The Kier molecular flexibility index (Phi) is 5.59. The summed E-state index contributed by atoms with van der Waals surface area (Å²) in [5.74, 6) is -0.625. The van der Waals surface area contributed by atoms with E-state index in [2.05, 4.69) is 12.2 Å². The molecule has 2 aliphatic rings. The zero-order valence-corrected chi connectivity index (χ0v) is 15.1. The number of rotatable bonds is 5. The zero-order valence-electron chi connectivity index (χ0n) is 15.1. The number of carbonyl (C=O) groups is 3. The Morgan fingerprint density at radius 1 is 1.23 bits per heavy atom. The Balaban J connectivity index is 1.59. The summed E-state index contributed by atoms with van der Waals surface area (Å²) < 4.78 is 0. The van der Waals surface area contributed by atoms with E-state index in [0.717, 1.165) is 31.6 Å². The van der Waals surface area contributed by atoms with Crippen LogP contribution >= 0.6 is 0 Å². The van der Waals surface area contributed by atoms with Crippen LogP contribution in [0.2, 0.25) is 0 Å². The minimum Gasteiger partial charge on any atom is -0.481 e. The van der Waals surface area contributed by atoms with Crippen LogP contribution in [0.4, 0.5) is 5.69 Å². The van der Waals surface area contributed by atoms with Gasteiger partial charge in [-0.15, -0.1) is 0 Å². The molecule has 1 heterocycles. The molecule has 6 nitrogen and oxygen atoms in total. The molecule has 1 saturated carbocycles. The molecule has 26 heavy (non-hydrogen) atoms. The summed E-state index contributed by atoms with van der Waals surface area (Å²) in [5, 5.41) is 11.7. The van der Waals surface area contributed by atoms with Crippen LogP contribution in [0.25, 0.3) is 0 Å². The first kappa shape index (κ1) is 18.4. The van der Waals surface area contributed by atoms with Gasteiger partial charge in [-0.3, -0.25) is 14.4 Å². The Bertz CT molecular complexity index is 695. The molecule has 2 amide bonds. The fourth-order valence-corrected chi connectivity index (χ4v) is 3.99. The molecule has 1 aromatic carbocycles. The highest BCUT2D eigenvalue weighted by Crippen LogP contribution is 2.31. The third-order valence-electron chi connectivity index (χ3n) is 5.51. The van der Waals surface area contributed by atoms with Crippen molar-refractivity contribution in [1.82, 2.24) is 4.90 Å². The molecule has 1 aliphatic heterocycles. The summed E-state index contributed by atoms with van der Waals surface area (Å²) in [6, 6.07) is 7.12. The predicted octanol–water partition coefficient (Wildman–Crippen LogP) is 2.68. The maximum atomic E-state index is 12.6. The highest BCUT2D eigenvalue weighted by Gasteiger charge is 2.38. The van der Waals surface area contributed by atoms with Gasteiger partial charge in [-0.05, 0) is 49.3 Å². The lowest BCUT2D eigenvalue weighted by atomic mass is 9.87. The number of amides is 2. The fraction of sp³-hybridized carbons (Fsp3) is 0.550. The number of carbonyl (C=O) groups excluding carboxylic acids is 2. The molecule has 1 aliphatic carbocycles. The molecular formula is C20H26N2O4. The quantitative estimate of drug-likeness (QED) is 0.847. The van der Waals surface area contributed by atoms with Gasteiger partial charge < -0.3 is 15.3 Å². The molecule has 1 atom stereocenters.